The van der Waals surface area contributed by atoms with Crippen LogP contribution in [0.4, 0.5) is 5.69 Å². The van der Waals surface area contributed by atoms with Gasteiger partial charge in [0.1, 0.15) is 6.04 Å². The molecule has 8 heteroatoms. The highest BCUT2D eigenvalue weighted by molar-refractivity contribution is 7.89. The van der Waals surface area contributed by atoms with E-state index < -0.39 is 21.0 Å². The molecule has 0 fully saturated rings. The Bertz CT molecular complexity index is 559. The summed E-state index contributed by atoms with van der Waals surface area (Å²) in [5.74, 6) is 0. The molecule has 0 bridgehead atoms. The molecule has 1 atom stereocenters. The second-order valence-electron chi connectivity index (χ2n) is 3.22. The lowest BCUT2D eigenvalue weighted by molar-refractivity contribution is -0.384. The van der Waals surface area contributed by atoms with Gasteiger partial charge in [-0.25, -0.2) is 8.42 Å². The number of nitro benzene ring substituents is 1. The number of nitrogens with one attached hydrogen (secondary N) is 1. The molecule has 0 aliphatic carbocycles. The van der Waals surface area contributed by atoms with Crippen LogP contribution in [0, 0.1) is 21.4 Å². The number of non-ortho nitro benzene ring substituents is 1. The lowest BCUT2D eigenvalue weighted by Gasteiger charge is -2.07. The number of sulfonamides is 1. The topological polar surface area (TPSA) is 113 Å². The van der Waals surface area contributed by atoms with Crippen molar-refractivity contribution >= 4 is 15.7 Å². The van der Waals surface area contributed by atoms with Gasteiger partial charge < -0.3 is 0 Å². The highest BCUT2D eigenvalue weighted by atomic mass is 32.2. The Balaban J connectivity index is 3.01. The maximum Gasteiger partial charge on any atom is 0.269 e. The van der Waals surface area contributed by atoms with E-state index >= 15 is 0 Å². The maximum atomic E-state index is 11.7. The van der Waals surface area contributed by atoms with Crippen molar-refractivity contribution in [2.75, 3.05) is 0 Å². The fourth-order valence-corrected chi connectivity index (χ4v) is 2.22. The van der Waals surface area contributed by atoms with Crippen molar-refractivity contribution in [1.29, 1.82) is 5.26 Å². The molecule has 90 valence electrons. The molecule has 0 saturated carbocycles. The first-order chi connectivity index (χ1) is 7.86. The van der Waals surface area contributed by atoms with E-state index in [4.69, 9.17) is 5.26 Å². The van der Waals surface area contributed by atoms with Crippen LogP contribution in [-0.2, 0) is 10.0 Å². The highest BCUT2D eigenvalue weighted by Gasteiger charge is 2.17. The zero-order valence-electron chi connectivity index (χ0n) is 8.82. The van der Waals surface area contributed by atoms with Gasteiger partial charge >= 0.3 is 0 Å². The van der Waals surface area contributed by atoms with Crippen LogP contribution in [0.3, 0.4) is 0 Å². The van der Waals surface area contributed by atoms with Crippen molar-refractivity contribution in [2.24, 2.45) is 0 Å². The summed E-state index contributed by atoms with van der Waals surface area (Å²) in [4.78, 5) is 9.64. The minimum atomic E-state index is -3.81. The quantitative estimate of drug-likeness (QED) is 0.631. The molecule has 0 heterocycles. The summed E-state index contributed by atoms with van der Waals surface area (Å²) in [5, 5.41) is 18.9. The third-order valence-electron chi connectivity index (χ3n) is 1.88. The van der Waals surface area contributed by atoms with Gasteiger partial charge in [0.15, 0.2) is 0 Å². The van der Waals surface area contributed by atoms with Crippen molar-refractivity contribution < 1.29 is 13.3 Å². The Morgan fingerprint density at radius 2 is 1.94 bits per heavy atom. The van der Waals surface area contributed by atoms with E-state index in [1.54, 1.807) is 6.07 Å². The van der Waals surface area contributed by atoms with Crippen molar-refractivity contribution in [3.05, 3.63) is 34.4 Å². The number of hydrogen-bond acceptors (Lipinski definition) is 5. The third-order valence-corrected chi connectivity index (χ3v) is 3.44. The number of rotatable bonds is 4. The predicted octanol–water partition coefficient (Wildman–Crippen LogP) is 0.785. The van der Waals surface area contributed by atoms with Gasteiger partial charge in [0.25, 0.3) is 5.69 Å². The summed E-state index contributed by atoms with van der Waals surface area (Å²) < 4.78 is 25.4. The van der Waals surface area contributed by atoms with E-state index in [0.717, 1.165) is 24.3 Å². The molecule has 0 aliphatic rings. The molecule has 0 saturated heterocycles. The molecule has 1 aromatic rings. The van der Waals surface area contributed by atoms with Crippen LogP contribution in [0.15, 0.2) is 29.2 Å². The van der Waals surface area contributed by atoms with Crippen molar-refractivity contribution in [3.63, 3.8) is 0 Å². The minimum Gasteiger partial charge on any atom is -0.258 e. The van der Waals surface area contributed by atoms with Crippen LogP contribution >= 0.6 is 0 Å². The van der Waals surface area contributed by atoms with E-state index in [0.29, 0.717) is 0 Å². The SMILES string of the molecule is CC(C#N)NS(=O)(=O)c1ccc([N+](=O)[O-])cc1. The summed E-state index contributed by atoms with van der Waals surface area (Å²) in [7, 11) is -3.81. The molecule has 1 aromatic carbocycles. The van der Waals surface area contributed by atoms with Crippen LogP contribution in [0.25, 0.3) is 0 Å². The number of hydrogen-bond donors (Lipinski definition) is 1. The smallest absolute Gasteiger partial charge is 0.258 e. The molecule has 1 unspecified atom stereocenters. The van der Waals surface area contributed by atoms with Gasteiger partial charge in [0.05, 0.1) is 15.9 Å². The fraction of sp³-hybridized carbons (Fsp3) is 0.222. The largest absolute Gasteiger partial charge is 0.269 e. The zero-order valence-corrected chi connectivity index (χ0v) is 9.64. The van der Waals surface area contributed by atoms with Crippen LogP contribution in [0.2, 0.25) is 0 Å². The highest BCUT2D eigenvalue weighted by Crippen LogP contribution is 2.15. The summed E-state index contributed by atoms with van der Waals surface area (Å²) >= 11 is 0. The first kappa shape index (κ1) is 13.1. The van der Waals surface area contributed by atoms with Gasteiger partial charge in [0, 0.05) is 12.1 Å². The van der Waals surface area contributed by atoms with Crippen molar-refractivity contribution in [1.82, 2.24) is 4.72 Å². The van der Waals surface area contributed by atoms with E-state index in [1.807, 2.05) is 0 Å². The lowest BCUT2D eigenvalue weighted by atomic mass is 10.3. The molecule has 0 aromatic heterocycles. The van der Waals surface area contributed by atoms with E-state index in [1.165, 1.54) is 6.92 Å². The van der Waals surface area contributed by atoms with Crippen LogP contribution in [-0.4, -0.2) is 19.4 Å². The Morgan fingerprint density at radius 3 is 2.35 bits per heavy atom. The van der Waals surface area contributed by atoms with Gasteiger partial charge in [-0.15, -0.1) is 0 Å². The first-order valence-corrected chi connectivity index (χ1v) is 6.01. The summed E-state index contributed by atoms with van der Waals surface area (Å²) in [6, 6.07) is 5.27. The molecule has 0 radical (unpaired) electrons. The standard InChI is InChI=1S/C9H9N3O4S/c1-7(6-10)11-17(15,16)9-4-2-8(3-5-9)12(13)14/h2-5,7,11H,1H3. The third kappa shape index (κ3) is 3.24. The minimum absolute atomic E-state index is 0.120. The normalized spacial score (nSPS) is 12.7. The van der Waals surface area contributed by atoms with Gasteiger partial charge in [0.2, 0.25) is 10.0 Å². The van der Waals surface area contributed by atoms with Gasteiger partial charge in [-0.2, -0.15) is 9.98 Å². The molecule has 0 aliphatic heterocycles. The van der Waals surface area contributed by atoms with Gasteiger partial charge in [-0.1, -0.05) is 0 Å². The average Bonchev–Trinajstić information content (AvgIpc) is 2.28. The molecule has 17 heavy (non-hydrogen) atoms. The Labute approximate surface area is 97.9 Å². The lowest BCUT2D eigenvalue weighted by Crippen LogP contribution is -2.31. The zero-order chi connectivity index (χ0) is 13.1. The first-order valence-electron chi connectivity index (χ1n) is 4.53. The number of nitriles is 1. The number of nitro groups is 1. The Morgan fingerprint density at radius 1 is 1.41 bits per heavy atom. The van der Waals surface area contributed by atoms with E-state index in [2.05, 4.69) is 4.72 Å². The molecular weight excluding hydrogens is 246 g/mol. The summed E-state index contributed by atoms with van der Waals surface area (Å²) in [5.41, 5.74) is -0.197. The fourth-order valence-electron chi connectivity index (χ4n) is 1.07. The summed E-state index contributed by atoms with van der Waals surface area (Å²) in [6.45, 7) is 1.39. The van der Waals surface area contributed by atoms with Crippen molar-refractivity contribution in [3.8, 4) is 6.07 Å². The predicted molar refractivity (Wildman–Crippen MR) is 58.5 cm³/mol. The second-order valence-corrected chi connectivity index (χ2v) is 4.94. The maximum absolute atomic E-state index is 11.7. The van der Waals surface area contributed by atoms with Crippen LogP contribution < -0.4 is 4.72 Å². The number of benzene rings is 1. The Kier molecular flexibility index (Phi) is 3.77. The monoisotopic (exact) mass is 255 g/mol. The van der Waals surface area contributed by atoms with Crippen LogP contribution in [0.1, 0.15) is 6.92 Å². The molecule has 1 N–H and O–H groups in total. The molecule has 0 amide bonds. The van der Waals surface area contributed by atoms with Crippen LogP contribution in [0.5, 0.6) is 0 Å². The molecular formula is C9H9N3O4S. The summed E-state index contributed by atoms with van der Waals surface area (Å²) in [6.07, 6.45) is 0. The molecule has 0 spiro atoms. The van der Waals surface area contributed by atoms with Crippen molar-refractivity contribution in [2.45, 2.75) is 17.9 Å². The molecule has 1 rings (SSSR count). The second kappa shape index (κ2) is 4.90. The van der Waals surface area contributed by atoms with E-state index in [9.17, 15) is 18.5 Å². The number of nitrogens with zero attached hydrogens (tertiary/aromatic N) is 2. The molecule has 7 nitrogen and oxygen atoms in total. The van der Waals surface area contributed by atoms with Gasteiger partial charge in [-0.05, 0) is 19.1 Å². The van der Waals surface area contributed by atoms with Gasteiger partial charge in [-0.3, -0.25) is 10.1 Å². The Hall–Kier alpha value is -1.98. The average molecular weight is 255 g/mol. The van der Waals surface area contributed by atoms with E-state index in [-0.39, 0.29) is 10.6 Å².